The molecule has 0 aliphatic carbocycles. The fourth-order valence-corrected chi connectivity index (χ4v) is 0.240. The van der Waals surface area contributed by atoms with Crippen LogP contribution in [-0.4, -0.2) is 32.3 Å². The van der Waals surface area contributed by atoms with Crippen LogP contribution in [0.5, 0.6) is 0 Å². The molecule has 1 N–H and O–H groups in total. The molecule has 62 valence electrons. The molecule has 4 nitrogen and oxygen atoms in total. The first-order valence-corrected chi connectivity index (χ1v) is 3.22. The second kappa shape index (κ2) is 8.23. The molecule has 0 aliphatic rings. The molecular formula is C6H16N2O2. The monoisotopic (exact) mass is 148 g/mol. The molecule has 0 saturated heterocycles. The van der Waals surface area contributed by atoms with Gasteiger partial charge in [-0.2, -0.15) is 0 Å². The van der Waals surface area contributed by atoms with Crippen molar-refractivity contribution in [3.8, 4) is 0 Å². The fourth-order valence-electron chi connectivity index (χ4n) is 0.240. The van der Waals surface area contributed by atoms with E-state index in [-0.39, 0.29) is 6.03 Å². The second-order valence-electron chi connectivity index (χ2n) is 1.24. The third kappa shape index (κ3) is 5.37. The van der Waals surface area contributed by atoms with Crippen LogP contribution in [0.2, 0.25) is 0 Å². The first-order chi connectivity index (χ1) is 4.72. The smallest absolute Gasteiger partial charge is 0.339 e. The molecule has 0 saturated carbocycles. The van der Waals surface area contributed by atoms with Gasteiger partial charge >= 0.3 is 6.03 Å². The summed E-state index contributed by atoms with van der Waals surface area (Å²) in [5.41, 5.74) is 0. The highest BCUT2D eigenvalue weighted by Crippen LogP contribution is 1.79. The summed E-state index contributed by atoms with van der Waals surface area (Å²) in [5.74, 6) is 0. The van der Waals surface area contributed by atoms with Crippen LogP contribution in [0.25, 0.3) is 0 Å². The minimum absolute atomic E-state index is 0.257. The van der Waals surface area contributed by atoms with Crippen molar-refractivity contribution in [1.82, 2.24) is 10.4 Å². The number of carbonyl (C=O) groups excluding carboxylic acids is 1. The summed E-state index contributed by atoms with van der Waals surface area (Å²) < 4.78 is 0. The number of nitrogens with one attached hydrogen (secondary N) is 1. The van der Waals surface area contributed by atoms with Gasteiger partial charge in [-0.3, -0.25) is 4.84 Å². The molecule has 0 rings (SSSR count). The average Bonchev–Trinajstić information content (AvgIpc) is 2.05. The van der Waals surface area contributed by atoms with E-state index in [0.29, 0.717) is 0 Å². The molecule has 0 unspecified atom stereocenters. The van der Waals surface area contributed by atoms with E-state index in [0.717, 1.165) is 5.06 Å². The first kappa shape index (κ1) is 12.0. The van der Waals surface area contributed by atoms with E-state index in [2.05, 4.69) is 10.2 Å². The topological polar surface area (TPSA) is 41.6 Å². The molecule has 0 aromatic carbocycles. The lowest BCUT2D eigenvalue weighted by Gasteiger charge is -2.11. The van der Waals surface area contributed by atoms with Gasteiger partial charge in [0.1, 0.15) is 0 Å². The van der Waals surface area contributed by atoms with Crippen molar-refractivity contribution < 1.29 is 9.63 Å². The molecule has 0 atom stereocenters. The van der Waals surface area contributed by atoms with Crippen molar-refractivity contribution in [2.24, 2.45) is 0 Å². The standard InChI is InChI=1S/C4H10N2O2.C2H6/c1-5-4(7)6(2)8-3;1-2/h1-3H3,(H,5,7);1-2H3. The molecule has 0 heterocycles. The lowest BCUT2D eigenvalue weighted by molar-refractivity contribution is -0.0641. The molecule has 0 aliphatic heterocycles. The average molecular weight is 148 g/mol. The number of nitrogens with zero attached hydrogens (tertiary/aromatic N) is 1. The fraction of sp³-hybridized carbons (Fsp3) is 0.833. The number of hydrogen-bond donors (Lipinski definition) is 1. The van der Waals surface area contributed by atoms with E-state index in [1.54, 1.807) is 0 Å². The predicted molar refractivity (Wildman–Crippen MR) is 40.6 cm³/mol. The maximum absolute atomic E-state index is 10.4. The van der Waals surface area contributed by atoms with Crippen LogP contribution in [0.3, 0.4) is 0 Å². The third-order valence-electron chi connectivity index (χ3n) is 0.774. The Hall–Kier alpha value is -0.770. The Kier molecular flexibility index (Phi) is 9.84. The summed E-state index contributed by atoms with van der Waals surface area (Å²) in [6, 6.07) is -0.257. The van der Waals surface area contributed by atoms with Gasteiger partial charge in [-0.05, 0) is 0 Å². The number of amides is 2. The van der Waals surface area contributed by atoms with Gasteiger partial charge in [0.15, 0.2) is 0 Å². The van der Waals surface area contributed by atoms with Crippen LogP contribution in [0.4, 0.5) is 4.79 Å². The van der Waals surface area contributed by atoms with Gasteiger partial charge in [0.2, 0.25) is 0 Å². The van der Waals surface area contributed by atoms with E-state index in [1.807, 2.05) is 13.8 Å². The Morgan fingerprint density at radius 3 is 2.00 bits per heavy atom. The molecule has 0 spiro atoms. The molecule has 0 aromatic rings. The van der Waals surface area contributed by atoms with Crippen LogP contribution >= 0.6 is 0 Å². The van der Waals surface area contributed by atoms with Gasteiger partial charge in [0.05, 0.1) is 7.11 Å². The Morgan fingerprint density at radius 1 is 1.50 bits per heavy atom. The number of rotatable bonds is 1. The number of urea groups is 1. The maximum Gasteiger partial charge on any atom is 0.340 e. The molecular weight excluding hydrogens is 132 g/mol. The number of hydrogen-bond acceptors (Lipinski definition) is 2. The van der Waals surface area contributed by atoms with Crippen LogP contribution in [0.1, 0.15) is 13.8 Å². The summed E-state index contributed by atoms with van der Waals surface area (Å²) >= 11 is 0. The van der Waals surface area contributed by atoms with E-state index in [4.69, 9.17) is 0 Å². The molecule has 4 heteroatoms. The van der Waals surface area contributed by atoms with Gasteiger partial charge in [0, 0.05) is 14.1 Å². The molecule has 0 radical (unpaired) electrons. The van der Waals surface area contributed by atoms with Crippen molar-refractivity contribution in [3.63, 3.8) is 0 Å². The van der Waals surface area contributed by atoms with Crippen molar-refractivity contribution in [3.05, 3.63) is 0 Å². The zero-order chi connectivity index (χ0) is 8.57. The lowest BCUT2D eigenvalue weighted by atomic mass is 10.9. The SMILES string of the molecule is CC.CNC(=O)N(C)OC. The largest absolute Gasteiger partial charge is 0.340 e. The second-order valence-corrected chi connectivity index (χ2v) is 1.24. The Bertz CT molecular complexity index is 85.8. The van der Waals surface area contributed by atoms with Crippen LogP contribution in [0, 0.1) is 0 Å². The number of carbonyl (C=O) groups is 1. The normalized spacial score (nSPS) is 7.30. The molecule has 2 amide bonds. The third-order valence-corrected chi connectivity index (χ3v) is 0.774. The Morgan fingerprint density at radius 2 is 1.90 bits per heavy atom. The summed E-state index contributed by atoms with van der Waals surface area (Å²) in [7, 11) is 4.49. The van der Waals surface area contributed by atoms with E-state index in [9.17, 15) is 4.79 Å². The zero-order valence-electron chi connectivity index (χ0n) is 7.26. The number of hydroxylamine groups is 2. The molecule has 10 heavy (non-hydrogen) atoms. The van der Waals surface area contributed by atoms with Crippen LogP contribution in [-0.2, 0) is 4.84 Å². The first-order valence-electron chi connectivity index (χ1n) is 3.22. The minimum Gasteiger partial charge on any atom is -0.339 e. The van der Waals surface area contributed by atoms with Gasteiger partial charge in [-0.15, -0.1) is 0 Å². The van der Waals surface area contributed by atoms with Crippen molar-refractivity contribution in [1.29, 1.82) is 0 Å². The lowest BCUT2D eigenvalue weighted by Crippen LogP contribution is -2.33. The zero-order valence-corrected chi connectivity index (χ0v) is 7.26. The Labute approximate surface area is 62.1 Å². The molecule has 0 aromatic heterocycles. The van der Waals surface area contributed by atoms with Crippen molar-refractivity contribution >= 4 is 6.03 Å². The maximum atomic E-state index is 10.4. The summed E-state index contributed by atoms with van der Waals surface area (Å²) in [5, 5.41) is 3.47. The summed E-state index contributed by atoms with van der Waals surface area (Å²) in [6.45, 7) is 4.00. The van der Waals surface area contributed by atoms with Crippen LogP contribution in [0.15, 0.2) is 0 Å². The Balaban J connectivity index is 0. The highest BCUT2D eigenvalue weighted by Gasteiger charge is 2.00. The predicted octanol–water partition coefficient (Wildman–Crippen LogP) is 0.845. The van der Waals surface area contributed by atoms with Gasteiger partial charge in [-0.25, -0.2) is 9.86 Å². The summed E-state index contributed by atoms with van der Waals surface area (Å²) in [6.07, 6.45) is 0. The van der Waals surface area contributed by atoms with Gasteiger partial charge in [0.25, 0.3) is 0 Å². The van der Waals surface area contributed by atoms with Crippen LogP contribution < -0.4 is 5.32 Å². The quantitative estimate of drug-likeness (QED) is 0.560. The van der Waals surface area contributed by atoms with E-state index in [1.165, 1.54) is 21.2 Å². The van der Waals surface area contributed by atoms with Crippen molar-refractivity contribution in [2.75, 3.05) is 21.2 Å². The van der Waals surface area contributed by atoms with E-state index < -0.39 is 0 Å². The van der Waals surface area contributed by atoms with E-state index >= 15 is 0 Å². The summed E-state index contributed by atoms with van der Waals surface area (Å²) in [4.78, 5) is 15.0. The molecule has 0 fully saturated rings. The highest BCUT2D eigenvalue weighted by molar-refractivity contribution is 5.72. The minimum atomic E-state index is -0.257. The highest BCUT2D eigenvalue weighted by atomic mass is 16.7. The van der Waals surface area contributed by atoms with Gasteiger partial charge in [-0.1, -0.05) is 13.8 Å². The molecule has 0 bridgehead atoms. The van der Waals surface area contributed by atoms with Gasteiger partial charge < -0.3 is 5.32 Å². The van der Waals surface area contributed by atoms with Crippen molar-refractivity contribution in [2.45, 2.75) is 13.8 Å².